The second-order valence-electron chi connectivity index (χ2n) is 2.37. The van der Waals surface area contributed by atoms with Gasteiger partial charge in [0, 0.05) is 6.54 Å². The molecule has 1 N–H and O–H groups in total. The third kappa shape index (κ3) is 2.02. The zero-order valence-electron chi connectivity index (χ0n) is 7.21. The van der Waals surface area contributed by atoms with E-state index >= 15 is 0 Å². The first-order chi connectivity index (χ1) is 5.88. The van der Waals surface area contributed by atoms with Gasteiger partial charge in [0.15, 0.2) is 0 Å². The topological polar surface area (TPSA) is 21.3 Å². The fourth-order valence-electron chi connectivity index (χ4n) is 0.973. The summed E-state index contributed by atoms with van der Waals surface area (Å²) in [5, 5.41) is 3.17. The van der Waals surface area contributed by atoms with Gasteiger partial charge in [0.2, 0.25) is 0 Å². The Balaban J connectivity index is 2.74. The van der Waals surface area contributed by atoms with E-state index < -0.39 is 0 Å². The van der Waals surface area contributed by atoms with Crippen LogP contribution < -0.4 is 10.1 Å². The molecule has 0 spiro atoms. The van der Waals surface area contributed by atoms with E-state index in [1.165, 1.54) is 0 Å². The second-order valence-corrected chi connectivity index (χ2v) is 2.37. The minimum absolute atomic E-state index is 0.750. The average Bonchev–Trinajstić information content (AvgIpc) is 2.15. The number of benzene rings is 1. The first kappa shape index (κ1) is 8.65. The summed E-state index contributed by atoms with van der Waals surface area (Å²) >= 11 is 0. The molecule has 0 unspecified atom stereocenters. The molecule has 0 aliphatic heterocycles. The number of ether oxygens (including phenoxy) is 1. The smallest absolute Gasteiger partial charge is 0.141 e. The van der Waals surface area contributed by atoms with Crippen molar-refractivity contribution in [3.8, 4) is 5.75 Å². The molecule has 64 valence electrons. The summed E-state index contributed by atoms with van der Waals surface area (Å²) in [6, 6.07) is 7.81. The predicted octanol–water partition coefficient (Wildman–Crippen LogP) is 2.29. The highest BCUT2D eigenvalue weighted by Gasteiger charge is 1.97. The van der Waals surface area contributed by atoms with Crippen LogP contribution in [0, 0.1) is 0 Å². The molecule has 1 rings (SSSR count). The molecular weight excluding hydrogens is 150 g/mol. The SMILES string of the molecule is C=CCNc1ccccc1OC. The van der Waals surface area contributed by atoms with Gasteiger partial charge in [0.05, 0.1) is 12.8 Å². The molecule has 0 aliphatic carbocycles. The van der Waals surface area contributed by atoms with Crippen LogP contribution in [-0.2, 0) is 0 Å². The molecule has 12 heavy (non-hydrogen) atoms. The van der Waals surface area contributed by atoms with Crippen molar-refractivity contribution in [2.75, 3.05) is 19.0 Å². The third-order valence-corrected chi connectivity index (χ3v) is 1.54. The monoisotopic (exact) mass is 163 g/mol. The molecule has 0 saturated heterocycles. The summed E-state index contributed by atoms with van der Waals surface area (Å²) in [6.07, 6.45) is 1.81. The van der Waals surface area contributed by atoms with Crippen LogP contribution in [-0.4, -0.2) is 13.7 Å². The number of para-hydroxylation sites is 2. The normalized spacial score (nSPS) is 9.08. The summed E-state index contributed by atoms with van der Waals surface area (Å²) in [4.78, 5) is 0. The fourth-order valence-corrected chi connectivity index (χ4v) is 0.973. The van der Waals surface area contributed by atoms with Crippen LogP contribution in [0.4, 0.5) is 5.69 Å². The summed E-state index contributed by atoms with van der Waals surface area (Å²) in [6.45, 7) is 4.38. The van der Waals surface area contributed by atoms with Crippen LogP contribution in [0.1, 0.15) is 0 Å². The Labute approximate surface area is 72.9 Å². The summed E-state index contributed by atoms with van der Waals surface area (Å²) in [5.74, 6) is 0.861. The average molecular weight is 163 g/mol. The van der Waals surface area contributed by atoms with Gasteiger partial charge < -0.3 is 10.1 Å². The van der Waals surface area contributed by atoms with Crippen LogP contribution in [0.5, 0.6) is 5.75 Å². The third-order valence-electron chi connectivity index (χ3n) is 1.54. The molecular formula is C10H13NO. The first-order valence-electron chi connectivity index (χ1n) is 3.86. The van der Waals surface area contributed by atoms with E-state index in [1.807, 2.05) is 30.3 Å². The fraction of sp³-hybridized carbons (Fsp3) is 0.200. The molecule has 0 saturated carbocycles. The van der Waals surface area contributed by atoms with Gasteiger partial charge in [-0.1, -0.05) is 18.2 Å². The van der Waals surface area contributed by atoms with Crippen molar-refractivity contribution >= 4 is 5.69 Å². The molecule has 1 aromatic rings. The van der Waals surface area contributed by atoms with Crippen molar-refractivity contribution < 1.29 is 4.74 Å². The maximum atomic E-state index is 5.15. The second kappa shape index (κ2) is 4.44. The number of nitrogens with one attached hydrogen (secondary N) is 1. The molecule has 2 nitrogen and oxygen atoms in total. The van der Waals surface area contributed by atoms with Gasteiger partial charge in [0.25, 0.3) is 0 Å². The Kier molecular flexibility index (Phi) is 3.20. The molecule has 0 atom stereocenters. The van der Waals surface area contributed by atoms with Gasteiger partial charge in [-0.3, -0.25) is 0 Å². The molecule has 0 aromatic heterocycles. The Hall–Kier alpha value is -1.44. The number of anilines is 1. The number of hydrogen-bond acceptors (Lipinski definition) is 2. The molecule has 0 aliphatic rings. The van der Waals surface area contributed by atoms with Crippen molar-refractivity contribution in [1.82, 2.24) is 0 Å². The van der Waals surface area contributed by atoms with Crippen molar-refractivity contribution in [2.45, 2.75) is 0 Å². The Morgan fingerprint density at radius 2 is 2.25 bits per heavy atom. The van der Waals surface area contributed by atoms with Crippen molar-refractivity contribution in [3.63, 3.8) is 0 Å². The maximum Gasteiger partial charge on any atom is 0.141 e. The number of methoxy groups -OCH3 is 1. The highest BCUT2D eigenvalue weighted by Crippen LogP contribution is 2.22. The first-order valence-corrected chi connectivity index (χ1v) is 3.86. The van der Waals surface area contributed by atoms with Gasteiger partial charge in [-0.2, -0.15) is 0 Å². The lowest BCUT2D eigenvalue weighted by Crippen LogP contribution is -1.99. The van der Waals surface area contributed by atoms with Crippen molar-refractivity contribution in [2.24, 2.45) is 0 Å². The largest absolute Gasteiger partial charge is 0.495 e. The molecule has 2 heteroatoms. The van der Waals surface area contributed by atoms with E-state index in [1.54, 1.807) is 7.11 Å². The lowest BCUT2D eigenvalue weighted by Gasteiger charge is -2.08. The standard InChI is InChI=1S/C10H13NO/c1-3-8-11-9-6-4-5-7-10(9)12-2/h3-7,11H,1,8H2,2H3. The minimum Gasteiger partial charge on any atom is -0.495 e. The quantitative estimate of drug-likeness (QED) is 0.687. The highest BCUT2D eigenvalue weighted by molar-refractivity contribution is 5.56. The molecule has 0 amide bonds. The maximum absolute atomic E-state index is 5.15. The summed E-state index contributed by atoms with van der Waals surface area (Å²) in [5.41, 5.74) is 1.000. The lowest BCUT2D eigenvalue weighted by molar-refractivity contribution is 0.416. The van der Waals surface area contributed by atoms with E-state index in [2.05, 4.69) is 11.9 Å². The van der Waals surface area contributed by atoms with Gasteiger partial charge >= 0.3 is 0 Å². The van der Waals surface area contributed by atoms with Gasteiger partial charge in [-0.05, 0) is 12.1 Å². The van der Waals surface area contributed by atoms with Crippen molar-refractivity contribution in [1.29, 1.82) is 0 Å². The highest BCUT2D eigenvalue weighted by atomic mass is 16.5. The number of hydrogen-bond donors (Lipinski definition) is 1. The van der Waals surface area contributed by atoms with Crippen molar-refractivity contribution in [3.05, 3.63) is 36.9 Å². The molecule has 0 bridgehead atoms. The van der Waals surface area contributed by atoms with Gasteiger partial charge in [0.1, 0.15) is 5.75 Å². The van der Waals surface area contributed by atoms with E-state index in [0.717, 1.165) is 18.0 Å². The lowest BCUT2D eigenvalue weighted by atomic mass is 10.3. The van der Waals surface area contributed by atoms with E-state index in [4.69, 9.17) is 4.74 Å². The van der Waals surface area contributed by atoms with E-state index in [-0.39, 0.29) is 0 Å². The predicted molar refractivity (Wildman–Crippen MR) is 51.7 cm³/mol. The zero-order chi connectivity index (χ0) is 8.81. The minimum atomic E-state index is 0.750. The molecule has 0 fully saturated rings. The zero-order valence-corrected chi connectivity index (χ0v) is 7.21. The summed E-state index contributed by atoms with van der Waals surface area (Å²) in [7, 11) is 1.66. The Morgan fingerprint density at radius 1 is 1.50 bits per heavy atom. The van der Waals surface area contributed by atoms with Crippen LogP contribution in [0.3, 0.4) is 0 Å². The summed E-state index contributed by atoms with van der Waals surface area (Å²) < 4.78 is 5.15. The molecule has 0 heterocycles. The van der Waals surface area contributed by atoms with Crippen LogP contribution >= 0.6 is 0 Å². The van der Waals surface area contributed by atoms with Gasteiger partial charge in [-0.25, -0.2) is 0 Å². The van der Waals surface area contributed by atoms with Crippen LogP contribution in [0.2, 0.25) is 0 Å². The van der Waals surface area contributed by atoms with Crippen LogP contribution in [0.15, 0.2) is 36.9 Å². The van der Waals surface area contributed by atoms with Gasteiger partial charge in [-0.15, -0.1) is 6.58 Å². The van der Waals surface area contributed by atoms with E-state index in [0.29, 0.717) is 0 Å². The Morgan fingerprint density at radius 3 is 2.92 bits per heavy atom. The number of rotatable bonds is 4. The van der Waals surface area contributed by atoms with E-state index in [9.17, 15) is 0 Å². The Bertz CT molecular complexity index is 258. The molecule has 1 aromatic carbocycles. The van der Waals surface area contributed by atoms with Crippen LogP contribution in [0.25, 0.3) is 0 Å². The molecule has 0 radical (unpaired) electrons.